The van der Waals surface area contributed by atoms with E-state index in [1.54, 1.807) is 21.8 Å². The summed E-state index contributed by atoms with van der Waals surface area (Å²) in [6.07, 6.45) is 18.1. The number of hydrogen-bond acceptors (Lipinski definition) is 23. The average molecular weight is 1720 g/mol. The van der Waals surface area contributed by atoms with E-state index in [4.69, 9.17) is 59.3 Å². The number of nitrogens with one attached hydrogen (secondary N) is 4. The van der Waals surface area contributed by atoms with E-state index < -0.39 is 6.03 Å². The number of amides is 3. The Hall–Kier alpha value is -13.0. The fourth-order valence-electron chi connectivity index (χ4n) is 15.3. The molecule has 19 rings (SSSR count). The van der Waals surface area contributed by atoms with Gasteiger partial charge in [0.15, 0.2) is 45.2 Å². The van der Waals surface area contributed by atoms with E-state index >= 15 is 0 Å². The number of likely N-dealkylation sites (tertiary alicyclic amines) is 1. The molecule has 123 heavy (non-hydrogen) atoms. The maximum Gasteiger partial charge on any atom is 0.321 e. The van der Waals surface area contributed by atoms with Gasteiger partial charge < -0.3 is 46.2 Å². The second-order valence-corrected chi connectivity index (χ2v) is 33.8. The number of nitrogens with two attached hydrogens (primary N) is 2. The number of thiazole rings is 1. The number of anilines is 5. The molecule has 626 valence electrons. The zero-order valence-electron chi connectivity index (χ0n) is 69.1. The van der Waals surface area contributed by atoms with Crippen LogP contribution in [-0.4, -0.2) is 148 Å². The summed E-state index contributed by atoms with van der Waals surface area (Å²) >= 11 is 15.5. The average Bonchev–Trinajstić information content (AvgIpc) is 0.887. The number of nitrogens with zero attached hydrogens (tertiary/aromatic N) is 18. The number of morpholine rings is 1. The number of amidine groups is 1. The summed E-state index contributed by atoms with van der Waals surface area (Å²) < 4.78 is 14.2. The number of aryl methyl sites for hydroxylation is 3. The zero-order valence-corrected chi connectivity index (χ0v) is 72.2. The maximum absolute atomic E-state index is 13.3. The molecule has 8 N–H and O–H groups in total. The number of nitrogen functional groups attached to an aromatic ring is 2. The Morgan fingerprint density at radius 2 is 1.54 bits per heavy atom. The predicted octanol–water partition coefficient (Wildman–Crippen LogP) is 16.7. The van der Waals surface area contributed by atoms with Crippen molar-refractivity contribution in [2.45, 2.75) is 99.8 Å². The minimum absolute atomic E-state index is 0.0286. The number of aromatic nitrogens is 15. The first-order chi connectivity index (χ1) is 59.7. The standard InChI is InChI=1S/C28H36N6O.C22H23N7O2S.C21H17Cl2N5.C20H16N6OS/c1-4-34-23(19-32-13-11-28(2,3)12-14-32)29-24-26(33-15-17-35-18-16-33)30-25(31-27(24)34)22-10-6-8-20-7-5-9-21(20)22;1-14-12-18(24-13-14)27-19(30)8-10-23-21(31)28-22-26-15(2)20(32-22)16-4-6-17(7-5-16)29-11-3-9-25-29;1-12-5-4-6-13-9-14(10-25-20-17(23)11-26-21(24)28-20)19(27-18(12)13)15-7-2-3-8-16(15)22;1-12(25-11-24-16-18(21)22-10-23-19(16)25)15-9-13-7-8-28-17(13)20(27)26(15)14-5-3-2-4-6-14/h5-6,8-10H,4,7,11-19H2,1-3H3;3-7,9,11-12H,8,10,13H2,1-2H3,(H,24,27,30)(H2,23,26,28,31);2-9,11H,10H2,1H3,(H3,24,25,26,28);2-12H,1H3,(H2,21,22,23). The van der Waals surface area contributed by atoms with E-state index in [0.29, 0.717) is 62.3 Å². The van der Waals surface area contributed by atoms with Crippen LogP contribution in [0.5, 0.6) is 0 Å². The largest absolute Gasteiger partial charge is 0.382 e. The number of fused-ring (bicyclic) bond motifs is 5. The van der Waals surface area contributed by atoms with Crippen LogP contribution in [-0.2, 0) is 35.6 Å². The van der Waals surface area contributed by atoms with E-state index in [1.165, 1.54) is 59.2 Å². The number of carbonyl (C=O) groups excluding carboxylic acids is 2. The topological polar surface area (TPSA) is 341 Å². The predicted molar refractivity (Wildman–Crippen MR) is 492 cm³/mol. The second kappa shape index (κ2) is 37.2. The highest BCUT2D eigenvalue weighted by molar-refractivity contribution is 7.19. The number of piperidine rings is 1. The molecule has 3 amide bonds. The summed E-state index contributed by atoms with van der Waals surface area (Å²) in [5, 5.41) is 21.1. The molecular weight excluding hydrogens is 1630 g/mol. The third kappa shape index (κ3) is 18.9. The van der Waals surface area contributed by atoms with Gasteiger partial charge in [0.25, 0.3) is 5.56 Å². The molecule has 1 atom stereocenters. The number of benzene rings is 5. The molecule has 1 unspecified atom stereocenters. The number of ether oxygens (including phenoxy) is 1. The van der Waals surface area contributed by atoms with Crippen molar-refractivity contribution < 1.29 is 14.3 Å². The quantitative estimate of drug-likeness (QED) is 0.0465. The Kier molecular flexibility index (Phi) is 25.3. The number of imidazole rings is 2. The lowest BCUT2D eigenvalue weighted by atomic mass is 9.83. The van der Waals surface area contributed by atoms with Crippen molar-refractivity contribution in [2.24, 2.45) is 10.4 Å². The van der Waals surface area contributed by atoms with Crippen LogP contribution >= 0.6 is 45.9 Å². The van der Waals surface area contributed by atoms with Gasteiger partial charge in [-0.15, -0.1) is 11.3 Å². The first-order valence-electron chi connectivity index (χ1n) is 40.7. The van der Waals surface area contributed by atoms with Crippen molar-refractivity contribution in [3.8, 4) is 44.5 Å². The highest BCUT2D eigenvalue weighted by Crippen LogP contribution is 2.39. The van der Waals surface area contributed by atoms with Crippen molar-refractivity contribution in [3.63, 3.8) is 0 Å². The number of para-hydroxylation sites is 2. The Labute approximate surface area is 728 Å². The number of hydrogen-bond donors (Lipinski definition) is 6. The van der Waals surface area contributed by atoms with E-state index in [-0.39, 0.29) is 36.4 Å². The molecule has 3 aliphatic heterocycles. The summed E-state index contributed by atoms with van der Waals surface area (Å²) in [7, 11) is 0. The molecule has 4 aliphatic rings. The highest BCUT2D eigenvalue weighted by Gasteiger charge is 2.30. The number of thiophene rings is 1. The van der Waals surface area contributed by atoms with Gasteiger partial charge in [0.2, 0.25) is 11.9 Å². The number of carbonyl (C=O) groups is 2. The van der Waals surface area contributed by atoms with E-state index in [9.17, 15) is 14.4 Å². The lowest BCUT2D eigenvalue weighted by Gasteiger charge is -2.36. The molecule has 10 aromatic heterocycles. The summed E-state index contributed by atoms with van der Waals surface area (Å²) in [6, 6.07) is 45.3. The van der Waals surface area contributed by atoms with Gasteiger partial charge in [0.05, 0.1) is 72.3 Å². The number of pyridine rings is 2. The Balaban J connectivity index is 0.000000122. The third-order valence-electron chi connectivity index (χ3n) is 22.0. The van der Waals surface area contributed by atoms with Crippen LogP contribution in [0.4, 0.5) is 33.3 Å². The van der Waals surface area contributed by atoms with Crippen molar-refractivity contribution in [2.75, 3.05) is 79.5 Å². The fourth-order valence-corrected chi connectivity index (χ4v) is 17.5. The first-order valence-corrected chi connectivity index (χ1v) is 43.2. The number of aliphatic imine (C=N–C) groups is 1. The molecule has 15 aromatic rings. The van der Waals surface area contributed by atoms with E-state index in [1.807, 2.05) is 159 Å². The molecule has 13 heterocycles. The van der Waals surface area contributed by atoms with E-state index in [2.05, 4.69) is 139 Å². The van der Waals surface area contributed by atoms with Gasteiger partial charge in [-0.05, 0) is 177 Å². The Morgan fingerprint density at radius 3 is 2.31 bits per heavy atom. The molecule has 0 spiro atoms. The van der Waals surface area contributed by atoms with Gasteiger partial charge in [0.1, 0.15) is 33.2 Å². The van der Waals surface area contributed by atoms with Gasteiger partial charge >= 0.3 is 6.03 Å². The Bertz CT molecular complexity index is 6560. The Morgan fingerprint density at radius 1 is 0.748 bits per heavy atom. The third-order valence-corrected chi connectivity index (χ3v) is 24.6. The molecule has 1 aliphatic carbocycles. The van der Waals surface area contributed by atoms with Crippen molar-refractivity contribution >= 4 is 142 Å². The number of rotatable bonds is 18. The molecular formula is C91H92Cl2N24O4S2. The normalized spacial score (nSPS) is 14.4. The molecule has 0 radical (unpaired) electrons. The fraction of sp³-hybridized carbons (Fsp3) is 0.264. The van der Waals surface area contributed by atoms with Crippen molar-refractivity contribution in [3.05, 3.63) is 254 Å². The molecule has 28 nitrogen and oxygen atoms in total. The lowest BCUT2D eigenvalue weighted by Crippen LogP contribution is -2.37. The van der Waals surface area contributed by atoms with Crippen LogP contribution in [0.3, 0.4) is 0 Å². The molecule has 0 bridgehead atoms. The molecule has 0 saturated carbocycles. The van der Waals surface area contributed by atoms with Crippen LogP contribution in [0, 0.1) is 19.3 Å². The van der Waals surface area contributed by atoms with Crippen LogP contribution < -0.4 is 43.2 Å². The van der Waals surface area contributed by atoms with Gasteiger partial charge in [-0.2, -0.15) is 10.1 Å². The summed E-state index contributed by atoms with van der Waals surface area (Å²) in [5.74, 6) is 4.19. The number of urea groups is 1. The van der Waals surface area contributed by atoms with Crippen LogP contribution in [0.15, 0.2) is 204 Å². The van der Waals surface area contributed by atoms with Gasteiger partial charge in [0, 0.05) is 84.5 Å². The highest BCUT2D eigenvalue weighted by atomic mass is 35.5. The molecule has 2 fully saturated rings. The van der Waals surface area contributed by atoms with Crippen LogP contribution in [0.25, 0.3) is 93.9 Å². The number of halogens is 2. The monoisotopic (exact) mass is 1720 g/mol. The summed E-state index contributed by atoms with van der Waals surface area (Å²) in [6.45, 7) is 23.2. The summed E-state index contributed by atoms with van der Waals surface area (Å²) in [4.78, 5) is 93.2. The minimum Gasteiger partial charge on any atom is -0.382 e. The van der Waals surface area contributed by atoms with Crippen LogP contribution in [0.1, 0.15) is 99.4 Å². The van der Waals surface area contributed by atoms with Gasteiger partial charge in [-0.1, -0.05) is 145 Å². The smallest absolute Gasteiger partial charge is 0.321 e. The maximum atomic E-state index is 13.3. The number of allylic oxidation sites excluding steroid dienone is 1. The van der Waals surface area contributed by atoms with E-state index in [0.717, 1.165) is 175 Å². The van der Waals surface area contributed by atoms with Crippen molar-refractivity contribution in [1.29, 1.82) is 0 Å². The van der Waals surface area contributed by atoms with Gasteiger partial charge in [-0.25, -0.2) is 54.3 Å². The molecule has 5 aromatic carbocycles. The second-order valence-electron chi connectivity index (χ2n) is 31.1. The SMILES string of the molecule is CC(c1cc2ccsc2c(=O)n1-c1ccccc1)n1cnc2c(N)ncnc21.CC1=CC(NC(=O)CCNC(=O)Nc2nc(C)c(-c3ccc(-n4cccn4)cc3)s2)=NC1.CCn1c(CN2CCC(C)(C)CC2)nc2c(N3CCOCC3)nc(-c3cccc4c3C=CC4)nc21.Cc1cccc2cc(CNc3nc(N)ncc3Cl)c(-c3ccccc3Cl)nc12. The first kappa shape index (κ1) is 83.7. The van der Waals surface area contributed by atoms with Gasteiger partial charge in [-0.3, -0.25) is 29.4 Å². The van der Waals surface area contributed by atoms with Crippen LogP contribution in [0.2, 0.25) is 10.0 Å². The lowest BCUT2D eigenvalue weighted by molar-refractivity contribution is -0.119. The zero-order chi connectivity index (χ0) is 85.4. The summed E-state index contributed by atoms with van der Waals surface area (Å²) in [5.41, 5.74) is 29.1. The minimum atomic E-state index is -0.402. The molecule has 32 heteroatoms. The molecule has 2 saturated heterocycles. The van der Waals surface area contributed by atoms with Crippen molar-refractivity contribution in [1.82, 2.24) is 88.9 Å².